The highest BCUT2D eigenvalue weighted by molar-refractivity contribution is 7.87. The molecule has 21 heavy (non-hydrogen) atoms. The van der Waals surface area contributed by atoms with Crippen molar-refractivity contribution in [1.29, 1.82) is 0 Å². The summed E-state index contributed by atoms with van der Waals surface area (Å²) in [7, 11) is -3.70. The average Bonchev–Trinajstić information content (AvgIpc) is 2.94. The van der Waals surface area contributed by atoms with E-state index in [1.54, 1.807) is 6.92 Å². The van der Waals surface area contributed by atoms with E-state index in [-0.39, 0.29) is 25.7 Å². The minimum atomic E-state index is -3.70. The molecule has 0 aromatic carbocycles. The third-order valence-electron chi connectivity index (χ3n) is 3.74. The number of nitrogens with zero attached hydrogens (tertiary/aromatic N) is 1. The number of carbonyl (C=O) groups is 1. The topological polar surface area (TPSA) is 95.9 Å². The number of esters is 1. The summed E-state index contributed by atoms with van der Waals surface area (Å²) in [6, 6.07) is -0.722. The third kappa shape index (κ3) is 5.21. The fourth-order valence-corrected chi connectivity index (χ4v) is 3.95. The van der Waals surface area contributed by atoms with E-state index < -0.39 is 22.2 Å². The number of hydrogen-bond acceptors (Lipinski definition) is 5. The van der Waals surface area contributed by atoms with Crippen LogP contribution in [0.1, 0.15) is 39.5 Å². The summed E-state index contributed by atoms with van der Waals surface area (Å²) in [5.41, 5.74) is 0. The molecule has 1 heterocycles. The largest absolute Gasteiger partial charge is 0.465 e. The lowest BCUT2D eigenvalue weighted by Crippen LogP contribution is -2.48. The molecular weight excluding hydrogens is 296 g/mol. The van der Waals surface area contributed by atoms with Crippen LogP contribution in [0.3, 0.4) is 0 Å². The van der Waals surface area contributed by atoms with E-state index in [0.29, 0.717) is 25.8 Å². The molecule has 0 aromatic rings. The molecule has 0 saturated carbocycles. The van der Waals surface area contributed by atoms with Crippen LogP contribution in [0.15, 0.2) is 0 Å². The van der Waals surface area contributed by atoms with Gasteiger partial charge >= 0.3 is 5.97 Å². The van der Waals surface area contributed by atoms with Crippen molar-refractivity contribution in [1.82, 2.24) is 9.03 Å². The van der Waals surface area contributed by atoms with Crippen LogP contribution in [-0.2, 0) is 19.7 Å². The zero-order valence-corrected chi connectivity index (χ0v) is 13.6. The van der Waals surface area contributed by atoms with Crippen molar-refractivity contribution in [3.05, 3.63) is 0 Å². The maximum Gasteiger partial charge on any atom is 0.324 e. The van der Waals surface area contributed by atoms with Gasteiger partial charge in [-0.15, -0.1) is 0 Å². The highest BCUT2D eigenvalue weighted by Crippen LogP contribution is 2.21. The van der Waals surface area contributed by atoms with Gasteiger partial charge in [0.25, 0.3) is 10.2 Å². The first-order valence-electron chi connectivity index (χ1n) is 7.50. The normalized spacial score (nSPS) is 21.4. The van der Waals surface area contributed by atoms with Gasteiger partial charge in [0, 0.05) is 19.7 Å². The first-order valence-corrected chi connectivity index (χ1v) is 8.94. The predicted octanol–water partition coefficient (Wildman–Crippen LogP) is 0.257. The summed E-state index contributed by atoms with van der Waals surface area (Å²) in [6.45, 7) is 4.53. The van der Waals surface area contributed by atoms with Gasteiger partial charge in [-0.25, -0.2) is 4.72 Å². The average molecular weight is 322 g/mol. The number of aliphatic hydroxyl groups excluding tert-OH is 1. The summed E-state index contributed by atoms with van der Waals surface area (Å²) in [6.07, 6.45) is 2.48. The van der Waals surface area contributed by atoms with Crippen LogP contribution in [0.25, 0.3) is 0 Å². The van der Waals surface area contributed by atoms with Crippen LogP contribution in [0, 0.1) is 5.92 Å². The van der Waals surface area contributed by atoms with Crippen molar-refractivity contribution in [3.8, 4) is 0 Å². The molecule has 7 nitrogen and oxygen atoms in total. The Morgan fingerprint density at radius 1 is 1.48 bits per heavy atom. The predicted molar refractivity (Wildman–Crippen MR) is 78.8 cm³/mol. The smallest absolute Gasteiger partial charge is 0.324 e. The Morgan fingerprint density at radius 3 is 2.76 bits per heavy atom. The Balaban J connectivity index is 2.65. The lowest BCUT2D eigenvalue weighted by Gasteiger charge is -2.24. The second kappa shape index (κ2) is 8.67. The Morgan fingerprint density at radius 2 is 2.19 bits per heavy atom. The van der Waals surface area contributed by atoms with E-state index in [0.717, 1.165) is 6.42 Å². The molecule has 0 radical (unpaired) electrons. The van der Waals surface area contributed by atoms with E-state index in [4.69, 9.17) is 9.84 Å². The molecular formula is C13H26N2O5S. The van der Waals surface area contributed by atoms with Crippen molar-refractivity contribution in [2.45, 2.75) is 45.6 Å². The first-order chi connectivity index (χ1) is 9.96. The maximum absolute atomic E-state index is 12.3. The molecule has 1 saturated heterocycles. The molecule has 0 spiro atoms. The van der Waals surface area contributed by atoms with Crippen molar-refractivity contribution in [2.24, 2.45) is 5.92 Å². The van der Waals surface area contributed by atoms with Gasteiger partial charge in [0.05, 0.1) is 6.61 Å². The van der Waals surface area contributed by atoms with E-state index in [2.05, 4.69) is 4.72 Å². The summed E-state index contributed by atoms with van der Waals surface area (Å²) in [5, 5.41) is 8.93. The fraction of sp³-hybridized carbons (Fsp3) is 0.923. The molecule has 2 N–H and O–H groups in total. The van der Waals surface area contributed by atoms with Crippen LogP contribution < -0.4 is 4.72 Å². The molecule has 1 rings (SSSR count). The Labute approximate surface area is 126 Å². The van der Waals surface area contributed by atoms with Crippen LogP contribution >= 0.6 is 0 Å². The van der Waals surface area contributed by atoms with E-state index in [1.165, 1.54) is 4.31 Å². The highest BCUT2D eigenvalue weighted by atomic mass is 32.2. The van der Waals surface area contributed by atoms with Gasteiger partial charge in [0.15, 0.2) is 0 Å². The molecule has 2 atom stereocenters. The minimum absolute atomic E-state index is 0.0371. The SMILES string of the molecule is CCOC(=O)C1CCCN1S(=O)(=O)NCC(CC)CCO. The molecule has 0 aliphatic carbocycles. The first kappa shape index (κ1) is 18.3. The Hall–Kier alpha value is -0.700. The van der Waals surface area contributed by atoms with Crippen molar-refractivity contribution < 1.29 is 23.1 Å². The van der Waals surface area contributed by atoms with E-state index >= 15 is 0 Å². The molecule has 124 valence electrons. The maximum atomic E-state index is 12.3. The lowest BCUT2D eigenvalue weighted by molar-refractivity contribution is -0.146. The second-order valence-electron chi connectivity index (χ2n) is 5.16. The van der Waals surface area contributed by atoms with Crippen molar-refractivity contribution >= 4 is 16.2 Å². The Bertz CT molecular complexity index is 426. The lowest BCUT2D eigenvalue weighted by atomic mass is 10.0. The standard InChI is InChI=1S/C13H26N2O5S/c1-3-11(7-9-16)10-14-21(18,19)15-8-5-6-12(15)13(17)20-4-2/h11-12,14,16H,3-10H2,1-2H3. The van der Waals surface area contributed by atoms with Crippen LogP contribution in [-0.4, -0.2) is 56.1 Å². The zero-order chi connectivity index (χ0) is 15.9. The van der Waals surface area contributed by atoms with E-state index in [9.17, 15) is 13.2 Å². The van der Waals surface area contributed by atoms with Gasteiger partial charge < -0.3 is 9.84 Å². The summed E-state index contributed by atoms with van der Waals surface area (Å²) >= 11 is 0. The van der Waals surface area contributed by atoms with Crippen LogP contribution in [0.2, 0.25) is 0 Å². The van der Waals surface area contributed by atoms with E-state index in [1.807, 2.05) is 6.92 Å². The number of hydrogen-bond donors (Lipinski definition) is 2. The molecule has 2 unspecified atom stereocenters. The molecule has 0 amide bonds. The summed E-state index contributed by atoms with van der Waals surface area (Å²) < 4.78 is 33.3. The molecule has 1 aliphatic heterocycles. The number of nitrogens with one attached hydrogen (secondary N) is 1. The molecule has 0 aromatic heterocycles. The number of rotatable bonds is 9. The van der Waals surface area contributed by atoms with Crippen molar-refractivity contribution in [2.75, 3.05) is 26.3 Å². The number of carbonyl (C=O) groups excluding carboxylic acids is 1. The van der Waals surface area contributed by atoms with Gasteiger partial charge in [-0.3, -0.25) is 4.79 Å². The van der Waals surface area contributed by atoms with Crippen LogP contribution in [0.4, 0.5) is 0 Å². The van der Waals surface area contributed by atoms with Crippen molar-refractivity contribution in [3.63, 3.8) is 0 Å². The molecule has 8 heteroatoms. The fourth-order valence-electron chi connectivity index (χ4n) is 2.44. The highest BCUT2D eigenvalue weighted by Gasteiger charge is 2.39. The van der Waals surface area contributed by atoms with Gasteiger partial charge in [0.2, 0.25) is 0 Å². The molecule has 0 bridgehead atoms. The van der Waals surface area contributed by atoms with Gasteiger partial charge in [-0.2, -0.15) is 12.7 Å². The summed E-state index contributed by atoms with van der Waals surface area (Å²) in [5.74, 6) is -0.392. The third-order valence-corrected chi connectivity index (χ3v) is 5.33. The molecule has 1 fully saturated rings. The number of ether oxygens (including phenoxy) is 1. The number of aliphatic hydroxyl groups is 1. The molecule has 1 aliphatic rings. The quantitative estimate of drug-likeness (QED) is 0.594. The van der Waals surface area contributed by atoms with Gasteiger partial charge in [-0.1, -0.05) is 13.3 Å². The Kier molecular flexibility index (Phi) is 7.58. The zero-order valence-electron chi connectivity index (χ0n) is 12.7. The van der Waals surface area contributed by atoms with Gasteiger partial charge in [0.1, 0.15) is 6.04 Å². The monoisotopic (exact) mass is 322 g/mol. The minimum Gasteiger partial charge on any atom is -0.465 e. The second-order valence-corrected chi connectivity index (χ2v) is 6.87. The van der Waals surface area contributed by atoms with Crippen LogP contribution in [0.5, 0.6) is 0 Å². The summed E-state index contributed by atoms with van der Waals surface area (Å²) in [4.78, 5) is 11.8. The van der Waals surface area contributed by atoms with Gasteiger partial charge in [-0.05, 0) is 32.1 Å².